The Bertz CT molecular complexity index is 394. The van der Waals surface area contributed by atoms with E-state index in [0.717, 1.165) is 12.0 Å². The van der Waals surface area contributed by atoms with Crippen LogP contribution in [-0.4, -0.2) is 36.5 Å². The SMILES string of the molecule is CCc1c(NN)ncnc1N(C)CC(=O)NC. The van der Waals surface area contributed by atoms with Crippen molar-refractivity contribution in [1.82, 2.24) is 15.3 Å². The lowest BCUT2D eigenvalue weighted by molar-refractivity contribution is -0.119. The van der Waals surface area contributed by atoms with Crippen molar-refractivity contribution in [2.75, 3.05) is 31.0 Å². The van der Waals surface area contributed by atoms with E-state index in [9.17, 15) is 4.79 Å². The fourth-order valence-electron chi connectivity index (χ4n) is 1.55. The molecule has 1 aromatic rings. The van der Waals surface area contributed by atoms with Crippen LogP contribution >= 0.6 is 0 Å². The topological polar surface area (TPSA) is 96.2 Å². The van der Waals surface area contributed by atoms with Crippen molar-refractivity contribution >= 4 is 17.5 Å². The molecule has 0 spiro atoms. The summed E-state index contributed by atoms with van der Waals surface area (Å²) in [5.74, 6) is 6.60. The van der Waals surface area contributed by atoms with Gasteiger partial charge < -0.3 is 15.6 Å². The average molecular weight is 238 g/mol. The second-order valence-electron chi connectivity index (χ2n) is 3.55. The van der Waals surface area contributed by atoms with Gasteiger partial charge in [-0.15, -0.1) is 0 Å². The molecule has 1 aromatic heterocycles. The highest BCUT2D eigenvalue weighted by molar-refractivity contribution is 5.81. The van der Waals surface area contributed by atoms with Gasteiger partial charge in [-0.25, -0.2) is 15.8 Å². The standard InChI is InChI=1S/C10H18N6O/c1-4-7-9(15-11)13-6-14-10(7)16(3)5-8(17)12-2/h6H,4-5,11H2,1-3H3,(H,12,17)(H,13,14,15). The number of rotatable bonds is 5. The third-order valence-electron chi connectivity index (χ3n) is 2.43. The molecule has 0 aliphatic heterocycles. The van der Waals surface area contributed by atoms with E-state index in [-0.39, 0.29) is 12.5 Å². The molecular formula is C10H18N6O. The first-order valence-electron chi connectivity index (χ1n) is 5.36. The molecule has 94 valence electrons. The molecule has 7 heteroatoms. The number of nitrogens with zero attached hydrogens (tertiary/aromatic N) is 3. The highest BCUT2D eigenvalue weighted by Gasteiger charge is 2.14. The number of hydrogen-bond donors (Lipinski definition) is 3. The molecular weight excluding hydrogens is 220 g/mol. The number of anilines is 2. The summed E-state index contributed by atoms with van der Waals surface area (Å²) in [6.07, 6.45) is 2.15. The zero-order valence-corrected chi connectivity index (χ0v) is 10.3. The van der Waals surface area contributed by atoms with Gasteiger partial charge in [0.15, 0.2) is 0 Å². The van der Waals surface area contributed by atoms with Crippen LogP contribution < -0.4 is 21.5 Å². The number of aromatic nitrogens is 2. The predicted octanol–water partition coefficient (Wildman–Crippen LogP) is -0.493. The summed E-state index contributed by atoms with van der Waals surface area (Å²) in [5, 5.41) is 2.57. The molecule has 0 saturated heterocycles. The number of nitrogens with two attached hydrogens (primary N) is 1. The highest BCUT2D eigenvalue weighted by atomic mass is 16.1. The molecule has 0 aliphatic carbocycles. The third-order valence-corrected chi connectivity index (χ3v) is 2.43. The maximum atomic E-state index is 11.3. The quantitative estimate of drug-likeness (QED) is 0.473. The van der Waals surface area contributed by atoms with Crippen LogP contribution in [0.2, 0.25) is 0 Å². The first-order valence-corrected chi connectivity index (χ1v) is 5.36. The van der Waals surface area contributed by atoms with E-state index in [2.05, 4.69) is 20.7 Å². The van der Waals surface area contributed by atoms with E-state index in [1.165, 1.54) is 6.33 Å². The van der Waals surface area contributed by atoms with Gasteiger partial charge in [-0.05, 0) is 6.42 Å². The van der Waals surface area contributed by atoms with Gasteiger partial charge >= 0.3 is 0 Å². The Balaban J connectivity index is 3.00. The summed E-state index contributed by atoms with van der Waals surface area (Å²) in [6, 6.07) is 0. The number of carbonyl (C=O) groups excluding carboxylic acids is 1. The number of amides is 1. The van der Waals surface area contributed by atoms with Crippen LogP contribution in [0.1, 0.15) is 12.5 Å². The van der Waals surface area contributed by atoms with Crippen LogP contribution in [0.25, 0.3) is 0 Å². The van der Waals surface area contributed by atoms with E-state index < -0.39 is 0 Å². The van der Waals surface area contributed by atoms with E-state index in [1.54, 1.807) is 19.0 Å². The van der Waals surface area contributed by atoms with Crippen LogP contribution in [0.4, 0.5) is 11.6 Å². The molecule has 1 heterocycles. The first kappa shape index (κ1) is 13.2. The molecule has 7 nitrogen and oxygen atoms in total. The Labute approximate surface area is 100 Å². The van der Waals surface area contributed by atoms with Gasteiger partial charge in [0.25, 0.3) is 0 Å². The Morgan fingerprint density at radius 1 is 1.53 bits per heavy atom. The molecule has 0 fully saturated rings. The molecule has 17 heavy (non-hydrogen) atoms. The second-order valence-corrected chi connectivity index (χ2v) is 3.55. The maximum Gasteiger partial charge on any atom is 0.239 e. The molecule has 0 bridgehead atoms. The van der Waals surface area contributed by atoms with Gasteiger partial charge in [0, 0.05) is 19.7 Å². The van der Waals surface area contributed by atoms with Gasteiger partial charge in [0.2, 0.25) is 5.91 Å². The minimum Gasteiger partial charge on any atom is -0.358 e. The molecule has 1 rings (SSSR count). The van der Waals surface area contributed by atoms with E-state index in [1.807, 2.05) is 6.92 Å². The number of hydrazine groups is 1. The van der Waals surface area contributed by atoms with Crippen molar-refractivity contribution in [3.63, 3.8) is 0 Å². The summed E-state index contributed by atoms with van der Waals surface area (Å²) < 4.78 is 0. The summed E-state index contributed by atoms with van der Waals surface area (Å²) in [7, 11) is 3.40. The zero-order valence-electron chi connectivity index (χ0n) is 10.3. The van der Waals surface area contributed by atoms with Gasteiger partial charge in [-0.1, -0.05) is 6.92 Å². The highest BCUT2D eigenvalue weighted by Crippen LogP contribution is 2.22. The first-order chi connectivity index (χ1) is 8.13. The lowest BCUT2D eigenvalue weighted by Gasteiger charge is -2.20. The van der Waals surface area contributed by atoms with Crippen molar-refractivity contribution in [1.29, 1.82) is 0 Å². The smallest absolute Gasteiger partial charge is 0.239 e. The number of nitrogen functional groups attached to an aromatic ring is 1. The molecule has 0 aliphatic rings. The average Bonchev–Trinajstić information content (AvgIpc) is 2.37. The van der Waals surface area contributed by atoms with Crippen molar-refractivity contribution in [2.45, 2.75) is 13.3 Å². The fraction of sp³-hybridized carbons (Fsp3) is 0.500. The number of likely N-dealkylation sites (N-methyl/N-ethyl adjacent to an activating group) is 2. The molecule has 0 radical (unpaired) electrons. The molecule has 4 N–H and O–H groups in total. The lowest BCUT2D eigenvalue weighted by Crippen LogP contribution is -2.34. The van der Waals surface area contributed by atoms with Crippen LogP contribution in [0, 0.1) is 0 Å². The van der Waals surface area contributed by atoms with Gasteiger partial charge in [-0.2, -0.15) is 0 Å². The largest absolute Gasteiger partial charge is 0.358 e. The minimum absolute atomic E-state index is 0.0737. The predicted molar refractivity (Wildman–Crippen MR) is 66.6 cm³/mol. The van der Waals surface area contributed by atoms with Crippen LogP contribution in [0.5, 0.6) is 0 Å². The summed E-state index contributed by atoms with van der Waals surface area (Å²) in [5.41, 5.74) is 3.42. The Hall–Kier alpha value is -1.89. The van der Waals surface area contributed by atoms with E-state index in [0.29, 0.717) is 11.6 Å². The third kappa shape index (κ3) is 3.04. The molecule has 0 atom stereocenters. The summed E-state index contributed by atoms with van der Waals surface area (Å²) >= 11 is 0. The summed E-state index contributed by atoms with van der Waals surface area (Å²) in [4.78, 5) is 21.3. The number of carbonyl (C=O) groups is 1. The van der Waals surface area contributed by atoms with E-state index in [4.69, 9.17) is 5.84 Å². The molecule has 1 amide bonds. The zero-order chi connectivity index (χ0) is 12.8. The lowest BCUT2D eigenvalue weighted by atomic mass is 10.2. The van der Waals surface area contributed by atoms with Crippen molar-refractivity contribution in [3.8, 4) is 0 Å². The number of nitrogens with one attached hydrogen (secondary N) is 2. The Morgan fingerprint density at radius 3 is 2.76 bits per heavy atom. The van der Waals surface area contributed by atoms with Crippen LogP contribution in [-0.2, 0) is 11.2 Å². The molecule has 0 aromatic carbocycles. The Morgan fingerprint density at radius 2 is 2.24 bits per heavy atom. The molecule has 0 saturated carbocycles. The summed E-state index contributed by atoms with van der Waals surface area (Å²) in [6.45, 7) is 2.22. The fourth-order valence-corrected chi connectivity index (χ4v) is 1.55. The van der Waals surface area contributed by atoms with Crippen molar-refractivity contribution in [2.24, 2.45) is 5.84 Å². The van der Waals surface area contributed by atoms with Crippen LogP contribution in [0.3, 0.4) is 0 Å². The molecule has 0 unspecified atom stereocenters. The van der Waals surface area contributed by atoms with Gasteiger partial charge in [0.1, 0.15) is 18.0 Å². The number of hydrogen-bond acceptors (Lipinski definition) is 6. The van der Waals surface area contributed by atoms with E-state index >= 15 is 0 Å². The van der Waals surface area contributed by atoms with Gasteiger partial charge in [-0.3, -0.25) is 4.79 Å². The maximum absolute atomic E-state index is 11.3. The second kappa shape index (κ2) is 6.00. The normalized spacial score (nSPS) is 9.88. The van der Waals surface area contributed by atoms with Crippen molar-refractivity contribution < 1.29 is 4.79 Å². The van der Waals surface area contributed by atoms with Crippen molar-refractivity contribution in [3.05, 3.63) is 11.9 Å². The monoisotopic (exact) mass is 238 g/mol. The van der Waals surface area contributed by atoms with Crippen LogP contribution in [0.15, 0.2) is 6.33 Å². The Kier molecular flexibility index (Phi) is 4.65. The van der Waals surface area contributed by atoms with Gasteiger partial charge in [0.05, 0.1) is 6.54 Å². The minimum atomic E-state index is -0.0737.